The first-order chi connectivity index (χ1) is 4.27. The van der Waals surface area contributed by atoms with Crippen molar-refractivity contribution in [3.63, 3.8) is 0 Å². The molecular weight excluding hydrogens is 142 g/mol. The van der Waals surface area contributed by atoms with Crippen LogP contribution in [0.25, 0.3) is 0 Å². The van der Waals surface area contributed by atoms with Gasteiger partial charge < -0.3 is 9.87 Å². The van der Waals surface area contributed by atoms with Crippen molar-refractivity contribution >= 4 is 11.4 Å². The summed E-state index contributed by atoms with van der Waals surface area (Å²) >= 11 is -2.36. The van der Waals surface area contributed by atoms with Gasteiger partial charge in [-0.2, -0.15) is 0 Å². The van der Waals surface area contributed by atoms with Crippen LogP contribution in [0.2, 0.25) is 0 Å². The Morgan fingerprint density at radius 1 is 1.78 bits per heavy atom. The lowest BCUT2D eigenvalue weighted by Gasteiger charge is -2.04. The molecule has 0 aromatic rings. The second-order valence-electron chi connectivity index (χ2n) is 1.38. The Morgan fingerprint density at radius 3 is 2.89 bits per heavy atom. The Balaban J connectivity index is 2.83. The van der Waals surface area contributed by atoms with Gasteiger partial charge in [0, 0.05) is 6.54 Å². The fourth-order valence-electron chi connectivity index (χ4n) is 0.359. The molecule has 0 saturated carbocycles. The molecule has 1 N–H and O–H groups in total. The number of rotatable bonds is 5. The normalized spacial score (nSPS) is 13.6. The van der Waals surface area contributed by atoms with E-state index < -0.39 is 11.4 Å². The third kappa shape index (κ3) is 8.03. The largest absolute Gasteiger partial charge is 0.750 e. The molecule has 4 nitrogen and oxygen atoms in total. The monoisotopic (exact) mass is 152 g/mol. The highest BCUT2D eigenvalue weighted by Crippen LogP contribution is 1.75. The number of likely N-dealkylation sites (N-methyl/N-ethyl adjacent to an activating group) is 1. The van der Waals surface area contributed by atoms with E-state index in [1.165, 1.54) is 0 Å². The van der Waals surface area contributed by atoms with E-state index in [9.17, 15) is 8.76 Å². The molecule has 1 unspecified atom stereocenters. The van der Waals surface area contributed by atoms with E-state index in [0.717, 1.165) is 6.54 Å². The van der Waals surface area contributed by atoms with Crippen LogP contribution in [0.5, 0.6) is 0 Å². The average Bonchev–Trinajstić information content (AvgIpc) is 1.80. The van der Waals surface area contributed by atoms with Crippen molar-refractivity contribution < 1.29 is 12.9 Å². The smallest absolute Gasteiger partial charge is 0.0842 e. The van der Waals surface area contributed by atoms with Gasteiger partial charge in [0.2, 0.25) is 0 Å². The summed E-state index contributed by atoms with van der Waals surface area (Å²) in [5.41, 5.74) is 0. The Morgan fingerprint density at radius 2 is 2.44 bits per heavy atom. The summed E-state index contributed by atoms with van der Waals surface area (Å²) in [5, 5.41) is 2.91. The molecule has 0 aliphatic heterocycles. The first kappa shape index (κ1) is 9.03. The van der Waals surface area contributed by atoms with Crippen molar-refractivity contribution in [2.45, 2.75) is 6.92 Å². The second-order valence-corrected chi connectivity index (χ2v) is 2.02. The quantitative estimate of drug-likeness (QED) is 0.422. The Kier molecular flexibility index (Phi) is 6.18. The molecule has 0 rings (SSSR count). The molecule has 0 fully saturated rings. The van der Waals surface area contributed by atoms with E-state index in [1.54, 1.807) is 0 Å². The molecule has 0 aliphatic carbocycles. The molecule has 0 aromatic carbocycles. The summed E-state index contributed by atoms with van der Waals surface area (Å²) in [6.07, 6.45) is 0. The topological polar surface area (TPSA) is 61.4 Å². The van der Waals surface area contributed by atoms with E-state index in [1.807, 2.05) is 6.92 Å². The summed E-state index contributed by atoms with van der Waals surface area (Å²) in [6.45, 7) is 3.55. The molecule has 1 atom stereocenters. The highest BCUT2D eigenvalue weighted by molar-refractivity contribution is 7.74. The van der Waals surface area contributed by atoms with Gasteiger partial charge in [0.1, 0.15) is 0 Å². The number of hydrogen-bond donors (Lipinski definition) is 1. The number of hydrogen-bond acceptors (Lipinski definition) is 4. The summed E-state index contributed by atoms with van der Waals surface area (Å²) in [5.74, 6) is 0. The van der Waals surface area contributed by atoms with Crippen LogP contribution in [0.4, 0.5) is 0 Å². The standard InChI is InChI=1S/C4H11NO3S/c1-2-5-3-4-8-9(6)7/h5H,2-4H2,1H3,(H,6,7)/p-1. The van der Waals surface area contributed by atoms with Crippen molar-refractivity contribution in [3.05, 3.63) is 0 Å². The molecule has 9 heavy (non-hydrogen) atoms. The van der Waals surface area contributed by atoms with E-state index in [4.69, 9.17) is 0 Å². The van der Waals surface area contributed by atoms with E-state index in [2.05, 4.69) is 9.50 Å². The van der Waals surface area contributed by atoms with Gasteiger partial charge in [0.25, 0.3) is 0 Å². The molecule has 56 valence electrons. The van der Waals surface area contributed by atoms with E-state index >= 15 is 0 Å². The summed E-state index contributed by atoms with van der Waals surface area (Å²) < 4.78 is 23.6. The lowest BCUT2D eigenvalue weighted by molar-refractivity contribution is 0.299. The van der Waals surface area contributed by atoms with Crippen molar-refractivity contribution in [1.29, 1.82) is 0 Å². The highest BCUT2D eigenvalue weighted by atomic mass is 32.2. The lowest BCUT2D eigenvalue weighted by Crippen LogP contribution is -2.19. The zero-order valence-corrected chi connectivity index (χ0v) is 6.07. The first-order valence-electron chi connectivity index (χ1n) is 2.70. The maximum atomic E-state index is 9.71. The van der Waals surface area contributed by atoms with Gasteiger partial charge in [-0.05, 0) is 6.54 Å². The molecule has 0 radical (unpaired) electrons. The van der Waals surface area contributed by atoms with Gasteiger partial charge in [-0.1, -0.05) is 6.92 Å². The van der Waals surface area contributed by atoms with Gasteiger partial charge >= 0.3 is 0 Å². The van der Waals surface area contributed by atoms with Crippen LogP contribution in [0.3, 0.4) is 0 Å². The molecule has 0 heterocycles. The van der Waals surface area contributed by atoms with Crippen LogP contribution in [0.15, 0.2) is 0 Å². The Labute approximate surface area is 57.1 Å². The van der Waals surface area contributed by atoms with Crippen molar-refractivity contribution in [2.75, 3.05) is 19.7 Å². The highest BCUT2D eigenvalue weighted by Gasteiger charge is 1.83. The van der Waals surface area contributed by atoms with Crippen LogP contribution >= 0.6 is 0 Å². The molecule has 0 amide bonds. The molecule has 0 bridgehead atoms. The lowest BCUT2D eigenvalue weighted by atomic mass is 10.6. The van der Waals surface area contributed by atoms with Gasteiger partial charge in [0.15, 0.2) is 0 Å². The summed E-state index contributed by atoms with van der Waals surface area (Å²) in [7, 11) is 0. The summed E-state index contributed by atoms with van der Waals surface area (Å²) in [4.78, 5) is 0. The molecule has 0 spiro atoms. The predicted molar refractivity (Wildman–Crippen MR) is 33.4 cm³/mol. The molecule has 0 aliphatic rings. The zero-order valence-electron chi connectivity index (χ0n) is 5.25. The minimum Gasteiger partial charge on any atom is -0.750 e. The number of nitrogens with one attached hydrogen (secondary N) is 1. The van der Waals surface area contributed by atoms with Crippen molar-refractivity contribution in [3.8, 4) is 0 Å². The third-order valence-electron chi connectivity index (χ3n) is 0.708. The second kappa shape index (κ2) is 6.15. The zero-order chi connectivity index (χ0) is 7.11. The molecule has 5 heteroatoms. The predicted octanol–water partition coefficient (Wildman–Crippen LogP) is -0.593. The van der Waals surface area contributed by atoms with Crippen LogP contribution < -0.4 is 5.32 Å². The van der Waals surface area contributed by atoms with Gasteiger partial charge in [0.05, 0.1) is 18.0 Å². The van der Waals surface area contributed by atoms with Gasteiger partial charge in [-0.3, -0.25) is 4.18 Å². The van der Waals surface area contributed by atoms with Gasteiger partial charge in [-0.15, -0.1) is 0 Å². The van der Waals surface area contributed by atoms with E-state index in [-0.39, 0.29) is 6.61 Å². The SMILES string of the molecule is CCNCCOS(=O)[O-]. The van der Waals surface area contributed by atoms with Crippen LogP contribution in [-0.4, -0.2) is 28.5 Å². The van der Waals surface area contributed by atoms with Crippen LogP contribution in [0, 0.1) is 0 Å². The molecule has 0 saturated heterocycles. The minimum atomic E-state index is -2.36. The maximum absolute atomic E-state index is 9.71. The summed E-state index contributed by atoms with van der Waals surface area (Å²) in [6, 6.07) is 0. The molecular formula is C4H10NO3S-. The molecule has 0 aromatic heterocycles. The van der Waals surface area contributed by atoms with Crippen molar-refractivity contribution in [1.82, 2.24) is 5.32 Å². The van der Waals surface area contributed by atoms with Crippen LogP contribution in [0.1, 0.15) is 6.92 Å². The van der Waals surface area contributed by atoms with E-state index in [0.29, 0.717) is 6.54 Å². The van der Waals surface area contributed by atoms with Crippen LogP contribution in [-0.2, 0) is 15.5 Å². The Hall–Kier alpha value is 0.0300. The third-order valence-corrected chi connectivity index (χ3v) is 1.07. The van der Waals surface area contributed by atoms with Crippen molar-refractivity contribution in [2.24, 2.45) is 0 Å². The maximum Gasteiger partial charge on any atom is 0.0842 e. The minimum absolute atomic E-state index is 0.212. The van der Waals surface area contributed by atoms with Gasteiger partial charge in [-0.25, -0.2) is 4.21 Å². The first-order valence-corrected chi connectivity index (χ1v) is 3.70. The average molecular weight is 152 g/mol. The Bertz CT molecular complexity index is 87.9. The fraction of sp³-hybridized carbons (Fsp3) is 1.00. The fourth-order valence-corrected chi connectivity index (χ4v) is 0.578.